The zero-order valence-corrected chi connectivity index (χ0v) is 8.02. The third-order valence-electron chi connectivity index (χ3n) is 1.00. The Balaban J connectivity index is 3.74. The monoisotopic (exact) mass is 200 g/mol. The summed E-state index contributed by atoms with van der Waals surface area (Å²) in [6.07, 6.45) is -1.56. The van der Waals surface area contributed by atoms with E-state index in [1.54, 1.807) is 6.92 Å². The van der Waals surface area contributed by atoms with Crippen LogP contribution in [0.25, 0.3) is 0 Å². The van der Waals surface area contributed by atoms with Gasteiger partial charge in [0.1, 0.15) is 0 Å². The molecule has 0 radical (unpaired) electrons. The maximum atomic E-state index is 10.3. The van der Waals surface area contributed by atoms with Crippen molar-refractivity contribution < 1.29 is 28.3 Å². The van der Waals surface area contributed by atoms with E-state index in [4.69, 9.17) is 14.5 Å². The van der Waals surface area contributed by atoms with Gasteiger partial charge < -0.3 is 19.3 Å². The minimum atomic E-state index is -4.47. The first-order chi connectivity index (χ1) is 5.35. The fourth-order valence-corrected chi connectivity index (χ4v) is 0.980. The maximum Gasteiger partial charge on any atom is 0.471 e. The molecule has 2 N–H and O–H groups in total. The molecule has 0 aromatic rings. The molecule has 0 aliphatic heterocycles. The molecule has 74 valence electrons. The topological polar surface area (TPSA) is 85.2 Å². The van der Waals surface area contributed by atoms with Crippen LogP contribution in [0.4, 0.5) is 0 Å². The van der Waals surface area contributed by atoms with E-state index in [0.29, 0.717) is 0 Å². The summed E-state index contributed by atoms with van der Waals surface area (Å²) in [5, 5.41) is 0. The Morgan fingerprint density at radius 1 is 1.25 bits per heavy atom. The molecule has 0 heterocycles. The van der Waals surface area contributed by atoms with Gasteiger partial charge in [-0.1, -0.05) is 0 Å². The molecule has 12 heavy (non-hydrogen) atoms. The average Bonchev–Trinajstić information content (AvgIpc) is 1.82. The molecule has 0 amide bonds. The van der Waals surface area contributed by atoms with Gasteiger partial charge in [-0.3, -0.25) is 4.52 Å². The lowest BCUT2D eigenvalue weighted by Crippen LogP contribution is -2.20. The summed E-state index contributed by atoms with van der Waals surface area (Å²) in [5.41, 5.74) is 0. The van der Waals surface area contributed by atoms with Crippen LogP contribution >= 0.6 is 7.82 Å². The molecule has 0 aromatic heterocycles. The van der Waals surface area contributed by atoms with Crippen molar-refractivity contribution in [1.29, 1.82) is 0 Å². The van der Waals surface area contributed by atoms with Crippen LogP contribution in [0.2, 0.25) is 0 Å². The van der Waals surface area contributed by atoms with Gasteiger partial charge in [-0.15, -0.1) is 0 Å². The SMILES string of the molecule is COC(C)OC(C)OP(=O)(O)O. The molecule has 7 heteroatoms. The molecule has 0 aromatic carbocycles. The van der Waals surface area contributed by atoms with Gasteiger partial charge in [-0.2, -0.15) is 0 Å². The van der Waals surface area contributed by atoms with E-state index in [2.05, 4.69) is 9.26 Å². The molecule has 0 aliphatic carbocycles. The Morgan fingerprint density at radius 2 is 1.75 bits per heavy atom. The number of phosphoric acid groups is 1. The number of ether oxygens (including phenoxy) is 2. The van der Waals surface area contributed by atoms with E-state index < -0.39 is 20.4 Å². The highest BCUT2D eigenvalue weighted by molar-refractivity contribution is 7.46. The van der Waals surface area contributed by atoms with Gasteiger partial charge in [-0.25, -0.2) is 4.57 Å². The first-order valence-electron chi connectivity index (χ1n) is 3.27. The third-order valence-corrected chi connectivity index (χ3v) is 1.57. The van der Waals surface area contributed by atoms with Crippen LogP contribution in [0.15, 0.2) is 0 Å². The Morgan fingerprint density at radius 3 is 2.08 bits per heavy atom. The molecule has 0 spiro atoms. The van der Waals surface area contributed by atoms with Gasteiger partial charge in [-0.05, 0) is 13.8 Å². The normalized spacial score (nSPS) is 17.4. The van der Waals surface area contributed by atoms with Crippen molar-refractivity contribution in [3.05, 3.63) is 0 Å². The van der Waals surface area contributed by atoms with Crippen LogP contribution in [-0.4, -0.2) is 29.5 Å². The van der Waals surface area contributed by atoms with Crippen LogP contribution in [0, 0.1) is 0 Å². The van der Waals surface area contributed by atoms with E-state index in [0.717, 1.165) is 0 Å². The second-order valence-corrected chi connectivity index (χ2v) is 3.30. The van der Waals surface area contributed by atoms with Gasteiger partial charge in [0, 0.05) is 7.11 Å². The molecular weight excluding hydrogens is 187 g/mol. The van der Waals surface area contributed by atoms with Crippen molar-refractivity contribution in [2.24, 2.45) is 0 Å². The molecule has 0 rings (SSSR count). The highest BCUT2D eigenvalue weighted by Gasteiger charge is 2.20. The van der Waals surface area contributed by atoms with E-state index in [1.807, 2.05) is 0 Å². The van der Waals surface area contributed by atoms with Crippen molar-refractivity contribution >= 4 is 7.82 Å². The van der Waals surface area contributed by atoms with Crippen molar-refractivity contribution in [2.75, 3.05) is 7.11 Å². The van der Waals surface area contributed by atoms with Gasteiger partial charge in [0.05, 0.1) is 0 Å². The lowest BCUT2D eigenvalue weighted by molar-refractivity contribution is -0.197. The molecule has 0 fully saturated rings. The molecule has 0 saturated heterocycles. The minimum Gasteiger partial charge on any atom is -0.356 e. The van der Waals surface area contributed by atoms with E-state index >= 15 is 0 Å². The summed E-state index contributed by atoms with van der Waals surface area (Å²) in [6.45, 7) is 2.95. The fraction of sp³-hybridized carbons (Fsp3) is 1.00. The molecule has 2 unspecified atom stereocenters. The highest BCUT2D eigenvalue weighted by Crippen LogP contribution is 2.37. The maximum absolute atomic E-state index is 10.3. The van der Waals surface area contributed by atoms with E-state index in [1.165, 1.54) is 14.0 Å². The predicted molar refractivity (Wildman–Crippen MR) is 40.1 cm³/mol. The van der Waals surface area contributed by atoms with Crippen LogP contribution in [0.5, 0.6) is 0 Å². The second kappa shape index (κ2) is 4.91. The van der Waals surface area contributed by atoms with Gasteiger partial charge in [0.2, 0.25) is 0 Å². The fourth-order valence-electron chi connectivity index (χ4n) is 0.544. The summed E-state index contributed by atoms with van der Waals surface area (Å²) >= 11 is 0. The lowest BCUT2D eigenvalue weighted by atomic mass is 10.7. The van der Waals surface area contributed by atoms with Crippen LogP contribution in [0.1, 0.15) is 13.8 Å². The quantitative estimate of drug-likeness (QED) is 0.495. The summed E-state index contributed by atoms with van der Waals surface area (Å²) < 4.78 is 24.0. The number of hydrogen-bond donors (Lipinski definition) is 2. The molecule has 0 saturated carbocycles. The Hall–Kier alpha value is 0.0300. The number of hydrogen-bond acceptors (Lipinski definition) is 4. The Bertz CT molecular complexity index is 165. The van der Waals surface area contributed by atoms with Crippen LogP contribution in [0.3, 0.4) is 0 Å². The number of phosphoric ester groups is 1. The number of rotatable bonds is 5. The molecular formula is C5H13O6P. The van der Waals surface area contributed by atoms with Gasteiger partial charge in [0.25, 0.3) is 0 Å². The molecule has 0 aliphatic rings. The predicted octanol–water partition coefficient (Wildman–Crippen LogP) is 0.451. The van der Waals surface area contributed by atoms with Crippen LogP contribution in [-0.2, 0) is 18.6 Å². The summed E-state index contributed by atoms with van der Waals surface area (Å²) in [5.74, 6) is 0. The smallest absolute Gasteiger partial charge is 0.356 e. The lowest BCUT2D eigenvalue weighted by Gasteiger charge is -2.17. The largest absolute Gasteiger partial charge is 0.471 e. The second-order valence-electron chi connectivity index (χ2n) is 2.10. The number of methoxy groups -OCH3 is 1. The van der Waals surface area contributed by atoms with Gasteiger partial charge in [0.15, 0.2) is 12.6 Å². The summed E-state index contributed by atoms with van der Waals surface area (Å²) in [6, 6.07) is 0. The molecule has 0 bridgehead atoms. The average molecular weight is 200 g/mol. The third kappa shape index (κ3) is 6.72. The van der Waals surface area contributed by atoms with E-state index in [9.17, 15) is 4.57 Å². The van der Waals surface area contributed by atoms with Crippen molar-refractivity contribution in [1.82, 2.24) is 0 Å². The minimum absolute atomic E-state index is 0.563. The Labute approximate surface area is 70.7 Å². The summed E-state index contributed by atoms with van der Waals surface area (Å²) in [4.78, 5) is 16.7. The highest BCUT2D eigenvalue weighted by atomic mass is 31.2. The molecule has 2 atom stereocenters. The van der Waals surface area contributed by atoms with Crippen molar-refractivity contribution in [3.8, 4) is 0 Å². The van der Waals surface area contributed by atoms with Gasteiger partial charge >= 0.3 is 7.82 Å². The molecule has 6 nitrogen and oxygen atoms in total. The van der Waals surface area contributed by atoms with Crippen molar-refractivity contribution in [3.63, 3.8) is 0 Å². The summed E-state index contributed by atoms with van der Waals surface area (Å²) in [7, 11) is -3.06. The Kier molecular flexibility index (Phi) is 4.92. The standard InChI is InChI=1S/C5H13O6P/c1-4(9-3)10-5(2)11-12(6,7)8/h4-5H,1-3H3,(H2,6,7,8). The zero-order chi connectivity index (χ0) is 9.78. The van der Waals surface area contributed by atoms with Crippen molar-refractivity contribution in [2.45, 2.75) is 26.4 Å². The first-order valence-corrected chi connectivity index (χ1v) is 4.80. The zero-order valence-electron chi connectivity index (χ0n) is 7.13. The van der Waals surface area contributed by atoms with E-state index in [-0.39, 0.29) is 0 Å². The first kappa shape index (κ1) is 12.0. The van der Waals surface area contributed by atoms with Crippen LogP contribution < -0.4 is 0 Å².